The van der Waals surface area contributed by atoms with Crippen molar-refractivity contribution in [3.63, 3.8) is 0 Å². The molecule has 208 valence electrons. The molecule has 40 heavy (non-hydrogen) atoms. The zero-order valence-electron chi connectivity index (χ0n) is 22.8. The number of hydrogen-bond donors (Lipinski definition) is 1. The van der Waals surface area contributed by atoms with Crippen molar-refractivity contribution >= 4 is 27.3 Å². The number of nitrogens with zero attached hydrogens (tertiary/aromatic N) is 2. The minimum absolute atomic E-state index is 0.180. The quantitative estimate of drug-likeness (QED) is 0.234. The maximum absolute atomic E-state index is 11.8. The van der Waals surface area contributed by atoms with Gasteiger partial charge < -0.3 is 19.5 Å². The Kier molecular flexibility index (Phi) is 8.21. The van der Waals surface area contributed by atoms with E-state index >= 15 is 0 Å². The van der Waals surface area contributed by atoms with Crippen LogP contribution in [0.5, 0.6) is 17.2 Å². The number of ether oxygens (including phenoxy) is 2. The minimum atomic E-state index is 0.180. The number of fused-ring (bicyclic) bond motifs is 1. The van der Waals surface area contributed by atoms with E-state index in [1.54, 1.807) is 11.3 Å². The summed E-state index contributed by atoms with van der Waals surface area (Å²) in [6.45, 7) is 5.73. The molecule has 2 saturated heterocycles. The fraction of sp³-hybridized carbons (Fsp3) is 0.364. The zero-order chi connectivity index (χ0) is 27.3. The summed E-state index contributed by atoms with van der Waals surface area (Å²) in [5.74, 6) is 1.76. The Hall–Kier alpha value is -3.55. The maximum Gasteiger partial charge on any atom is 0.222 e. The van der Waals surface area contributed by atoms with Crippen molar-refractivity contribution in [3.8, 4) is 27.7 Å². The number of aromatic hydroxyl groups is 1. The van der Waals surface area contributed by atoms with Gasteiger partial charge in [0.2, 0.25) is 5.91 Å². The van der Waals surface area contributed by atoms with Crippen molar-refractivity contribution in [1.82, 2.24) is 9.80 Å². The largest absolute Gasteiger partial charge is 0.504 e. The van der Waals surface area contributed by atoms with Gasteiger partial charge in [-0.2, -0.15) is 0 Å². The number of amides is 1. The summed E-state index contributed by atoms with van der Waals surface area (Å²) in [4.78, 5) is 17.3. The summed E-state index contributed by atoms with van der Waals surface area (Å²) in [5, 5.41) is 12.1. The normalized spacial score (nSPS) is 15.8. The molecular weight excluding hydrogens is 520 g/mol. The van der Waals surface area contributed by atoms with Crippen molar-refractivity contribution in [2.24, 2.45) is 0 Å². The fourth-order valence-electron chi connectivity index (χ4n) is 5.70. The predicted molar refractivity (Wildman–Crippen MR) is 161 cm³/mol. The van der Waals surface area contributed by atoms with E-state index in [0.29, 0.717) is 31.9 Å². The highest BCUT2D eigenvalue weighted by Crippen LogP contribution is 2.42. The Labute approximate surface area is 239 Å². The molecule has 0 radical (unpaired) electrons. The monoisotopic (exact) mass is 556 g/mol. The van der Waals surface area contributed by atoms with Crippen LogP contribution in [0, 0.1) is 0 Å². The molecule has 6 rings (SSSR count). The van der Waals surface area contributed by atoms with Gasteiger partial charge in [0.15, 0.2) is 11.5 Å². The van der Waals surface area contributed by atoms with E-state index in [9.17, 15) is 9.90 Å². The second kappa shape index (κ2) is 12.3. The molecule has 0 unspecified atom stereocenters. The molecule has 2 fully saturated rings. The average molecular weight is 557 g/mol. The number of likely N-dealkylation sites (tertiary alicyclic amines) is 2. The van der Waals surface area contributed by atoms with Crippen LogP contribution in [-0.2, 0) is 11.2 Å². The van der Waals surface area contributed by atoms with E-state index in [0.717, 1.165) is 55.2 Å². The van der Waals surface area contributed by atoms with E-state index in [2.05, 4.69) is 47.4 Å². The van der Waals surface area contributed by atoms with Crippen LogP contribution in [0.15, 0.2) is 66.7 Å². The lowest BCUT2D eigenvalue weighted by Crippen LogP contribution is -2.29. The molecule has 0 atom stereocenters. The number of carbonyl (C=O) groups is 1. The Morgan fingerprint density at radius 3 is 2.42 bits per heavy atom. The number of rotatable bonds is 11. The van der Waals surface area contributed by atoms with Crippen LogP contribution in [0.2, 0.25) is 0 Å². The molecule has 7 heteroatoms. The molecular formula is C33H36N2O4S. The lowest BCUT2D eigenvalue weighted by molar-refractivity contribution is -0.128. The van der Waals surface area contributed by atoms with Crippen molar-refractivity contribution in [3.05, 3.63) is 77.9 Å². The van der Waals surface area contributed by atoms with Crippen molar-refractivity contribution in [2.45, 2.75) is 32.1 Å². The SMILES string of the molecule is O=C1CCCN1CCOc1ccc(Cc2c(-c3ccc(OCCN4CCCC4)c(O)c3)sc3ccccc23)cc1. The first-order chi connectivity index (χ1) is 19.6. The molecule has 2 aliphatic heterocycles. The second-order valence-electron chi connectivity index (χ2n) is 10.6. The van der Waals surface area contributed by atoms with E-state index in [-0.39, 0.29) is 11.7 Å². The highest BCUT2D eigenvalue weighted by atomic mass is 32.1. The predicted octanol–water partition coefficient (Wildman–Crippen LogP) is 6.34. The van der Waals surface area contributed by atoms with Crippen LogP contribution < -0.4 is 9.47 Å². The zero-order valence-corrected chi connectivity index (χ0v) is 23.6. The van der Waals surface area contributed by atoms with Gasteiger partial charge in [-0.1, -0.05) is 30.3 Å². The number of thiophene rings is 1. The van der Waals surface area contributed by atoms with Gasteiger partial charge in [0.1, 0.15) is 19.0 Å². The van der Waals surface area contributed by atoms with Gasteiger partial charge in [-0.05, 0) is 97.2 Å². The molecule has 2 aliphatic rings. The van der Waals surface area contributed by atoms with Crippen LogP contribution >= 0.6 is 11.3 Å². The second-order valence-corrected chi connectivity index (χ2v) is 11.7. The Balaban J connectivity index is 1.15. The van der Waals surface area contributed by atoms with Crippen LogP contribution in [0.4, 0.5) is 0 Å². The molecule has 4 aromatic rings. The fourth-order valence-corrected chi connectivity index (χ4v) is 6.92. The maximum atomic E-state index is 11.8. The summed E-state index contributed by atoms with van der Waals surface area (Å²) in [7, 11) is 0. The molecule has 1 aromatic heterocycles. The van der Waals surface area contributed by atoms with Gasteiger partial charge in [0, 0.05) is 29.1 Å². The average Bonchev–Trinajstić information content (AvgIpc) is 3.72. The number of phenolic OH excluding ortho intramolecular Hbond substituents is 1. The third-order valence-corrected chi connectivity index (χ3v) is 9.15. The first-order valence-electron chi connectivity index (χ1n) is 14.3. The summed E-state index contributed by atoms with van der Waals surface area (Å²) in [6.07, 6.45) is 4.90. The third-order valence-electron chi connectivity index (χ3n) is 7.89. The smallest absolute Gasteiger partial charge is 0.222 e. The van der Waals surface area contributed by atoms with Crippen LogP contribution in [-0.4, -0.2) is 66.8 Å². The highest BCUT2D eigenvalue weighted by molar-refractivity contribution is 7.22. The first kappa shape index (κ1) is 26.7. The van der Waals surface area contributed by atoms with E-state index in [1.165, 1.54) is 34.1 Å². The minimum Gasteiger partial charge on any atom is -0.504 e. The van der Waals surface area contributed by atoms with Crippen LogP contribution in [0.1, 0.15) is 36.8 Å². The van der Waals surface area contributed by atoms with E-state index in [4.69, 9.17) is 9.47 Å². The standard InChI is InChI=1S/C33H36N2O4S/c36-29-23-25(11-14-30(29)39-20-18-34-15-3-4-16-34)33-28(27-6-1-2-7-31(27)40-33)22-24-9-12-26(13-10-24)38-21-19-35-17-5-8-32(35)37/h1-2,6-7,9-14,23,36H,3-5,8,15-22H2. The van der Waals surface area contributed by atoms with Gasteiger partial charge in [-0.3, -0.25) is 9.69 Å². The van der Waals surface area contributed by atoms with Gasteiger partial charge in [0.05, 0.1) is 6.54 Å². The molecule has 0 spiro atoms. The molecule has 0 saturated carbocycles. The number of phenols is 1. The molecule has 0 aliphatic carbocycles. The Morgan fingerprint density at radius 1 is 0.850 bits per heavy atom. The number of benzene rings is 3. The Bertz CT molecular complexity index is 1460. The third kappa shape index (κ3) is 6.11. The van der Waals surface area contributed by atoms with Crippen LogP contribution in [0.25, 0.3) is 20.5 Å². The lowest BCUT2D eigenvalue weighted by atomic mass is 9.98. The van der Waals surface area contributed by atoms with Crippen molar-refractivity contribution in [1.29, 1.82) is 0 Å². The van der Waals surface area contributed by atoms with Gasteiger partial charge >= 0.3 is 0 Å². The van der Waals surface area contributed by atoms with Gasteiger partial charge in [0.25, 0.3) is 0 Å². The summed E-state index contributed by atoms with van der Waals surface area (Å²) in [6, 6.07) is 22.5. The molecule has 3 heterocycles. The van der Waals surface area contributed by atoms with Crippen LogP contribution in [0.3, 0.4) is 0 Å². The molecule has 1 amide bonds. The first-order valence-corrected chi connectivity index (χ1v) is 15.1. The summed E-state index contributed by atoms with van der Waals surface area (Å²) < 4.78 is 13.1. The highest BCUT2D eigenvalue weighted by Gasteiger charge is 2.20. The number of carbonyl (C=O) groups excluding carboxylic acids is 1. The molecule has 1 N–H and O–H groups in total. The van der Waals surface area contributed by atoms with Gasteiger partial charge in [-0.25, -0.2) is 0 Å². The molecule has 0 bridgehead atoms. The topological polar surface area (TPSA) is 62.2 Å². The van der Waals surface area contributed by atoms with E-state index < -0.39 is 0 Å². The molecule has 3 aromatic carbocycles. The Morgan fingerprint density at radius 2 is 1.65 bits per heavy atom. The summed E-state index contributed by atoms with van der Waals surface area (Å²) >= 11 is 1.76. The molecule has 6 nitrogen and oxygen atoms in total. The lowest BCUT2D eigenvalue weighted by Gasteiger charge is -2.16. The van der Waals surface area contributed by atoms with Crippen molar-refractivity contribution < 1.29 is 19.4 Å². The summed E-state index contributed by atoms with van der Waals surface area (Å²) in [5.41, 5.74) is 3.44. The number of hydrogen-bond acceptors (Lipinski definition) is 6. The van der Waals surface area contributed by atoms with E-state index in [1.807, 2.05) is 29.2 Å². The van der Waals surface area contributed by atoms with Crippen molar-refractivity contribution in [2.75, 3.05) is 45.9 Å². The van der Waals surface area contributed by atoms with Gasteiger partial charge in [-0.15, -0.1) is 11.3 Å².